The number of nitrogens with zero attached hydrogens (tertiary/aromatic N) is 1. The van der Waals surface area contributed by atoms with Gasteiger partial charge in [-0.25, -0.2) is 0 Å². The number of carbonyl (C=O) groups is 1. The Bertz CT molecular complexity index is 1730. The number of aromatic nitrogens is 1. The minimum atomic E-state index is -0.221. The van der Waals surface area contributed by atoms with Gasteiger partial charge in [0.15, 0.2) is 11.5 Å². The highest BCUT2D eigenvalue weighted by atomic mass is 16.7. The molecule has 0 unspecified atom stereocenters. The molecule has 5 aromatic rings. The fraction of sp³-hybridized carbons (Fsp3) is 0.176. The van der Waals surface area contributed by atoms with E-state index in [0.717, 1.165) is 23.0 Å². The molecule has 0 bridgehead atoms. The topological polar surface area (TPSA) is 86.6 Å². The van der Waals surface area contributed by atoms with E-state index in [1.54, 1.807) is 0 Å². The van der Waals surface area contributed by atoms with E-state index in [0.29, 0.717) is 17.1 Å². The third-order valence-corrected chi connectivity index (χ3v) is 7.54. The third-order valence-electron chi connectivity index (χ3n) is 7.54. The normalized spacial score (nSPS) is 12.3. The summed E-state index contributed by atoms with van der Waals surface area (Å²) >= 11 is 0. The van der Waals surface area contributed by atoms with Gasteiger partial charge in [-0.1, -0.05) is 66.7 Å². The van der Waals surface area contributed by atoms with Gasteiger partial charge in [-0.05, 0) is 67.3 Å². The van der Waals surface area contributed by atoms with Crippen LogP contribution in [0, 0.1) is 13.8 Å². The first-order valence-corrected chi connectivity index (χ1v) is 13.3. The average molecular weight is 547 g/mol. The molecule has 1 atom stereocenters. The molecule has 2 heterocycles. The molecular weight excluding hydrogens is 516 g/mol. The molecule has 0 spiro atoms. The van der Waals surface area contributed by atoms with Crippen LogP contribution in [-0.4, -0.2) is 23.4 Å². The summed E-state index contributed by atoms with van der Waals surface area (Å²) < 4.78 is 13.4. The Morgan fingerprint density at radius 1 is 0.902 bits per heavy atom. The lowest BCUT2D eigenvalue weighted by Crippen LogP contribution is -2.26. The zero-order valence-electron chi connectivity index (χ0n) is 23.1. The summed E-state index contributed by atoms with van der Waals surface area (Å²) in [5.74, 6) is 1.31. The first-order valence-electron chi connectivity index (χ1n) is 13.3. The van der Waals surface area contributed by atoms with Crippen molar-refractivity contribution in [1.29, 1.82) is 0 Å². The number of aryl methyl sites for hydroxylation is 1. The van der Waals surface area contributed by atoms with Crippen molar-refractivity contribution in [3.05, 3.63) is 119 Å². The number of amides is 1. The van der Waals surface area contributed by atoms with E-state index in [-0.39, 0.29) is 24.9 Å². The number of carbonyl (C=O) groups excluding carboxylic acids is 3. The lowest BCUT2D eigenvalue weighted by Gasteiger charge is -2.16. The van der Waals surface area contributed by atoms with Gasteiger partial charge >= 0.3 is 6.15 Å². The monoisotopic (exact) mass is 546 g/mol. The molecule has 1 amide bonds. The smallest absolute Gasteiger partial charge is 0.373 e. The number of hydrogen-bond acceptors (Lipinski definition) is 5. The van der Waals surface area contributed by atoms with Gasteiger partial charge in [0.1, 0.15) is 0 Å². The number of rotatable bonds is 6. The molecular formula is C34H30N2O5. The maximum Gasteiger partial charge on any atom is 0.373 e. The van der Waals surface area contributed by atoms with E-state index in [1.807, 2.05) is 43.3 Å². The Morgan fingerprint density at radius 2 is 1.61 bits per heavy atom. The number of nitrogens with one attached hydrogen (secondary N) is 1. The van der Waals surface area contributed by atoms with Crippen LogP contribution in [0.1, 0.15) is 45.7 Å². The Labute approximate surface area is 238 Å². The molecule has 0 fully saturated rings. The number of fused-ring (bicyclic) bond motifs is 2. The van der Waals surface area contributed by atoms with Crippen molar-refractivity contribution < 1.29 is 23.9 Å². The van der Waals surface area contributed by atoms with Crippen LogP contribution >= 0.6 is 0 Å². The van der Waals surface area contributed by atoms with E-state index >= 15 is 0 Å². The molecule has 7 nitrogen and oxygen atoms in total. The number of benzene rings is 4. The van der Waals surface area contributed by atoms with E-state index in [4.69, 9.17) is 19.1 Å². The summed E-state index contributed by atoms with van der Waals surface area (Å²) in [4.78, 5) is 29.5. The second kappa shape index (κ2) is 11.9. The summed E-state index contributed by atoms with van der Waals surface area (Å²) in [6, 6.07) is 30.7. The van der Waals surface area contributed by atoms with Crippen molar-refractivity contribution >= 4 is 23.0 Å². The minimum Gasteiger partial charge on any atom is -0.454 e. The van der Waals surface area contributed by atoms with Crippen molar-refractivity contribution in [3.8, 4) is 22.6 Å². The van der Waals surface area contributed by atoms with Crippen LogP contribution in [0.15, 0.2) is 91.0 Å². The van der Waals surface area contributed by atoms with Gasteiger partial charge in [0.2, 0.25) is 6.79 Å². The van der Waals surface area contributed by atoms with Gasteiger partial charge in [-0.3, -0.25) is 4.79 Å². The highest BCUT2D eigenvalue weighted by Crippen LogP contribution is 2.38. The van der Waals surface area contributed by atoms with Gasteiger partial charge in [-0.2, -0.15) is 9.59 Å². The number of hydrogen-bond donors (Lipinski definition) is 1. The van der Waals surface area contributed by atoms with E-state index in [2.05, 4.69) is 78.3 Å². The van der Waals surface area contributed by atoms with Crippen LogP contribution in [0.3, 0.4) is 0 Å². The summed E-state index contributed by atoms with van der Waals surface area (Å²) in [6.07, 6.45) is 0.250. The Hall–Kier alpha value is -5.13. The lowest BCUT2D eigenvalue weighted by molar-refractivity contribution is -0.191. The van der Waals surface area contributed by atoms with Gasteiger partial charge in [-0.15, -0.1) is 0 Å². The Balaban J connectivity index is 0.00000108. The summed E-state index contributed by atoms with van der Waals surface area (Å²) in [5, 5.41) is 4.22. The zero-order valence-corrected chi connectivity index (χ0v) is 23.1. The molecule has 0 saturated carbocycles. The summed E-state index contributed by atoms with van der Waals surface area (Å²) in [5.41, 5.74) is 8.74. The van der Waals surface area contributed by atoms with E-state index in [9.17, 15) is 4.79 Å². The van der Waals surface area contributed by atoms with Gasteiger partial charge in [0.25, 0.3) is 5.91 Å². The van der Waals surface area contributed by atoms with Crippen LogP contribution in [0.4, 0.5) is 0 Å². The Morgan fingerprint density at radius 3 is 2.34 bits per heavy atom. The highest BCUT2D eigenvalue weighted by molar-refractivity contribution is 5.99. The molecule has 0 radical (unpaired) electrons. The van der Waals surface area contributed by atoms with E-state index in [1.165, 1.54) is 27.9 Å². The zero-order chi connectivity index (χ0) is 28.9. The molecule has 6 rings (SSSR count). The van der Waals surface area contributed by atoms with Crippen molar-refractivity contribution in [3.63, 3.8) is 0 Å². The van der Waals surface area contributed by atoms with Crippen molar-refractivity contribution in [2.45, 2.75) is 33.4 Å². The molecule has 1 N–H and O–H groups in total. The van der Waals surface area contributed by atoms with Crippen LogP contribution < -0.4 is 14.8 Å². The van der Waals surface area contributed by atoms with Crippen molar-refractivity contribution in [2.75, 3.05) is 6.79 Å². The molecule has 7 heteroatoms. The van der Waals surface area contributed by atoms with Crippen molar-refractivity contribution in [1.82, 2.24) is 9.88 Å². The van der Waals surface area contributed by atoms with Crippen LogP contribution in [0.2, 0.25) is 0 Å². The van der Waals surface area contributed by atoms with Crippen LogP contribution in [-0.2, 0) is 16.1 Å². The van der Waals surface area contributed by atoms with Gasteiger partial charge in [0, 0.05) is 34.3 Å². The lowest BCUT2D eigenvalue weighted by atomic mass is 10.0. The van der Waals surface area contributed by atoms with E-state index < -0.39 is 0 Å². The van der Waals surface area contributed by atoms with Crippen LogP contribution in [0.5, 0.6) is 11.5 Å². The van der Waals surface area contributed by atoms with Crippen LogP contribution in [0.25, 0.3) is 22.0 Å². The maximum atomic E-state index is 13.2. The quantitative estimate of drug-likeness (QED) is 0.259. The van der Waals surface area contributed by atoms with Gasteiger partial charge < -0.3 is 19.4 Å². The number of para-hydroxylation sites is 1. The predicted molar refractivity (Wildman–Crippen MR) is 156 cm³/mol. The molecule has 1 aliphatic heterocycles. The van der Waals surface area contributed by atoms with Crippen molar-refractivity contribution in [2.24, 2.45) is 0 Å². The van der Waals surface area contributed by atoms with Gasteiger partial charge in [0.05, 0.1) is 6.04 Å². The fourth-order valence-corrected chi connectivity index (χ4v) is 5.26. The second-order valence-electron chi connectivity index (χ2n) is 9.95. The summed E-state index contributed by atoms with van der Waals surface area (Å²) in [7, 11) is 0. The molecule has 1 aromatic heterocycles. The maximum absolute atomic E-state index is 13.2. The SMILES string of the molecule is Cc1c(C)n(Cc2ccc(-c3ccccc3)cc2)c2ccc(C(=O)N[C@@H](C)c3cccc4c3OCO4)cc12.O=C=O. The standard InChI is InChI=1S/C33H30N2O3.CO2/c1-21-23(3)35(19-24-12-14-26(15-13-24)25-8-5-4-6-9-25)30-17-16-27(18-29(21)30)33(36)34-22(2)28-10-7-11-31-32(28)38-20-37-31;2-1-3/h4-18,22H,19-20H2,1-3H3,(H,34,36);/t22-;/m0./s1. The average Bonchev–Trinajstić information content (AvgIpc) is 3.57. The minimum absolute atomic E-state index is 0.114. The predicted octanol–water partition coefficient (Wildman–Crippen LogP) is 6.61. The largest absolute Gasteiger partial charge is 0.454 e. The third kappa shape index (κ3) is 5.62. The second-order valence-corrected chi connectivity index (χ2v) is 9.95. The highest BCUT2D eigenvalue weighted by Gasteiger charge is 2.22. The molecule has 206 valence electrons. The molecule has 1 aliphatic rings. The molecule has 0 saturated heterocycles. The molecule has 4 aromatic carbocycles. The molecule has 41 heavy (non-hydrogen) atoms. The summed E-state index contributed by atoms with van der Waals surface area (Å²) in [6.45, 7) is 7.21. The first-order chi connectivity index (χ1) is 19.9. The number of ether oxygens (including phenoxy) is 2. The first kappa shape index (κ1) is 27.4. The fourth-order valence-electron chi connectivity index (χ4n) is 5.26. The Kier molecular flexibility index (Phi) is 7.99. The molecule has 0 aliphatic carbocycles.